The van der Waals surface area contributed by atoms with Crippen LogP contribution in [0.1, 0.15) is 31.0 Å². The largest absolute Gasteiger partial charge is 0.493 e. The zero-order chi connectivity index (χ0) is 23.2. The van der Waals surface area contributed by atoms with Crippen LogP contribution in [0.5, 0.6) is 11.5 Å². The van der Waals surface area contributed by atoms with E-state index in [1.54, 1.807) is 12.0 Å². The second-order valence-electron chi connectivity index (χ2n) is 7.45. The molecular formula is C27H26N2O3S. The molecule has 1 atom stereocenters. The zero-order valence-electron chi connectivity index (χ0n) is 18.9. The molecule has 0 radical (unpaired) electrons. The molecule has 0 unspecified atom stereocenters. The molecule has 6 heteroatoms. The Hall–Kier alpha value is -3.51. The van der Waals surface area contributed by atoms with Crippen LogP contribution in [-0.4, -0.2) is 29.7 Å². The van der Waals surface area contributed by atoms with Gasteiger partial charge in [0, 0.05) is 0 Å². The van der Waals surface area contributed by atoms with E-state index in [2.05, 4.69) is 0 Å². The molecule has 5 nitrogen and oxygen atoms in total. The Bertz CT molecular complexity index is 1180. The lowest BCUT2D eigenvalue weighted by molar-refractivity contribution is -0.123. The van der Waals surface area contributed by atoms with E-state index in [9.17, 15) is 4.79 Å². The number of thioether (sulfide) groups is 1. The molecule has 0 saturated carbocycles. The molecule has 1 aliphatic rings. The third kappa shape index (κ3) is 5.12. The molecule has 4 rings (SSSR count). The van der Waals surface area contributed by atoms with Gasteiger partial charge in [0.1, 0.15) is 0 Å². The van der Waals surface area contributed by atoms with Crippen LogP contribution in [0, 0.1) is 0 Å². The second-order valence-corrected chi connectivity index (χ2v) is 8.45. The number of para-hydroxylation sites is 1. The summed E-state index contributed by atoms with van der Waals surface area (Å²) in [6, 6.07) is 25.2. The molecule has 0 N–H and O–H groups in total. The van der Waals surface area contributed by atoms with E-state index in [1.807, 2.05) is 98.8 Å². The van der Waals surface area contributed by atoms with E-state index in [1.165, 1.54) is 11.8 Å². The number of nitrogens with zero attached hydrogens (tertiary/aromatic N) is 2. The summed E-state index contributed by atoms with van der Waals surface area (Å²) in [5.41, 5.74) is 2.72. The van der Waals surface area contributed by atoms with Crippen LogP contribution in [0.25, 0.3) is 6.08 Å². The molecule has 1 saturated heterocycles. The molecule has 1 heterocycles. The van der Waals surface area contributed by atoms with Crippen molar-refractivity contribution in [1.29, 1.82) is 0 Å². The number of benzene rings is 3. The number of methoxy groups -OCH3 is 1. The van der Waals surface area contributed by atoms with Gasteiger partial charge < -0.3 is 9.47 Å². The van der Waals surface area contributed by atoms with Crippen molar-refractivity contribution in [3.63, 3.8) is 0 Å². The number of amidine groups is 1. The fourth-order valence-corrected chi connectivity index (χ4v) is 4.67. The van der Waals surface area contributed by atoms with Crippen molar-refractivity contribution in [2.24, 2.45) is 4.99 Å². The number of aliphatic imine (C=N–C) groups is 1. The average Bonchev–Trinajstić information content (AvgIpc) is 3.15. The van der Waals surface area contributed by atoms with Crippen LogP contribution in [-0.2, 0) is 4.79 Å². The Kier molecular flexibility index (Phi) is 7.15. The molecule has 1 aliphatic heterocycles. The Morgan fingerprint density at radius 3 is 2.36 bits per heavy atom. The minimum atomic E-state index is -0.158. The maximum absolute atomic E-state index is 13.5. The first-order valence-electron chi connectivity index (χ1n) is 10.8. The Labute approximate surface area is 198 Å². The van der Waals surface area contributed by atoms with Crippen molar-refractivity contribution < 1.29 is 14.3 Å². The van der Waals surface area contributed by atoms with Gasteiger partial charge in [-0.2, -0.15) is 0 Å². The highest BCUT2D eigenvalue weighted by Gasteiger charge is 2.37. The number of carbonyl (C=O) groups excluding carboxylic acids is 1. The van der Waals surface area contributed by atoms with E-state index in [-0.39, 0.29) is 11.9 Å². The van der Waals surface area contributed by atoms with Gasteiger partial charge in [-0.3, -0.25) is 9.69 Å². The minimum Gasteiger partial charge on any atom is -0.493 e. The zero-order valence-corrected chi connectivity index (χ0v) is 19.7. The first kappa shape index (κ1) is 22.7. The normalized spacial score (nSPS) is 16.9. The van der Waals surface area contributed by atoms with Crippen LogP contribution in [0.2, 0.25) is 0 Å². The lowest BCUT2D eigenvalue weighted by atomic mass is 10.1. The van der Waals surface area contributed by atoms with Crippen LogP contribution in [0.4, 0.5) is 5.69 Å². The Morgan fingerprint density at radius 2 is 1.70 bits per heavy atom. The molecule has 3 aromatic rings. The number of carbonyl (C=O) groups is 1. The molecule has 1 amide bonds. The summed E-state index contributed by atoms with van der Waals surface area (Å²) in [5.74, 6) is 1.24. The van der Waals surface area contributed by atoms with Gasteiger partial charge in [-0.1, -0.05) is 54.6 Å². The third-order valence-electron chi connectivity index (χ3n) is 5.27. The highest BCUT2D eigenvalue weighted by Crippen LogP contribution is 2.40. The SMILES string of the molecule is CCOc1ccc(/C=C2/SC(=Nc3ccccc3)N([C@@H](C)c3ccccc3)C2=O)cc1OC. The minimum absolute atomic E-state index is 0.0705. The molecule has 168 valence electrons. The van der Waals surface area contributed by atoms with Crippen molar-refractivity contribution in [3.05, 3.63) is 94.9 Å². The number of amides is 1. The molecule has 0 aromatic heterocycles. The first-order valence-corrected chi connectivity index (χ1v) is 11.6. The van der Waals surface area contributed by atoms with E-state index in [0.717, 1.165) is 16.8 Å². The van der Waals surface area contributed by atoms with Gasteiger partial charge in [0.25, 0.3) is 5.91 Å². The van der Waals surface area contributed by atoms with Crippen LogP contribution < -0.4 is 9.47 Å². The van der Waals surface area contributed by atoms with E-state index >= 15 is 0 Å². The summed E-state index contributed by atoms with van der Waals surface area (Å²) in [4.78, 5) is 20.7. The van der Waals surface area contributed by atoms with Gasteiger partial charge in [-0.15, -0.1) is 0 Å². The van der Waals surface area contributed by atoms with Crippen molar-refractivity contribution in [1.82, 2.24) is 4.90 Å². The standard InChI is InChI=1S/C27H26N2O3S/c1-4-32-23-16-15-20(17-24(23)31-3)18-25-26(30)29(19(2)21-11-7-5-8-12-21)27(33-25)28-22-13-9-6-10-14-22/h5-19H,4H2,1-3H3/b25-18+,28-27?/t19-/m0/s1. The Balaban J connectivity index is 1.72. The van der Waals surface area contributed by atoms with Crippen molar-refractivity contribution in [2.45, 2.75) is 19.9 Å². The molecule has 1 fully saturated rings. The Morgan fingerprint density at radius 1 is 1.00 bits per heavy atom. The first-order chi connectivity index (χ1) is 16.1. The van der Waals surface area contributed by atoms with E-state index < -0.39 is 0 Å². The number of hydrogen-bond acceptors (Lipinski definition) is 5. The summed E-state index contributed by atoms with van der Waals surface area (Å²) in [6.07, 6.45) is 1.88. The lowest BCUT2D eigenvalue weighted by Crippen LogP contribution is -2.32. The van der Waals surface area contributed by atoms with Gasteiger partial charge in [0.2, 0.25) is 0 Å². The maximum atomic E-state index is 13.5. The average molecular weight is 459 g/mol. The number of hydrogen-bond donors (Lipinski definition) is 0. The van der Waals surface area contributed by atoms with Gasteiger partial charge >= 0.3 is 0 Å². The summed E-state index contributed by atoms with van der Waals surface area (Å²) in [6.45, 7) is 4.51. The smallest absolute Gasteiger partial charge is 0.267 e. The summed E-state index contributed by atoms with van der Waals surface area (Å²) >= 11 is 1.38. The van der Waals surface area contributed by atoms with Crippen LogP contribution in [0.15, 0.2) is 88.8 Å². The third-order valence-corrected chi connectivity index (χ3v) is 6.26. The van der Waals surface area contributed by atoms with Crippen LogP contribution >= 0.6 is 11.8 Å². The molecule has 0 spiro atoms. The highest BCUT2D eigenvalue weighted by atomic mass is 32.2. The number of rotatable bonds is 7. The lowest BCUT2D eigenvalue weighted by Gasteiger charge is -2.24. The van der Waals surface area contributed by atoms with E-state index in [4.69, 9.17) is 14.5 Å². The summed E-state index contributed by atoms with van der Waals surface area (Å²) < 4.78 is 11.1. The topological polar surface area (TPSA) is 51.1 Å². The molecular weight excluding hydrogens is 432 g/mol. The van der Waals surface area contributed by atoms with Crippen molar-refractivity contribution >= 4 is 34.6 Å². The van der Waals surface area contributed by atoms with Crippen LogP contribution in [0.3, 0.4) is 0 Å². The molecule has 3 aromatic carbocycles. The predicted molar refractivity (Wildman–Crippen MR) is 135 cm³/mol. The van der Waals surface area contributed by atoms with Crippen molar-refractivity contribution in [3.8, 4) is 11.5 Å². The monoisotopic (exact) mass is 458 g/mol. The van der Waals surface area contributed by atoms with Gasteiger partial charge in [-0.25, -0.2) is 4.99 Å². The fraction of sp³-hybridized carbons (Fsp3) is 0.185. The van der Waals surface area contributed by atoms with E-state index in [0.29, 0.717) is 28.2 Å². The maximum Gasteiger partial charge on any atom is 0.267 e. The number of ether oxygens (including phenoxy) is 2. The summed E-state index contributed by atoms with van der Waals surface area (Å²) in [5, 5.41) is 0.659. The van der Waals surface area contributed by atoms with Gasteiger partial charge in [-0.05, 0) is 67.1 Å². The quantitative estimate of drug-likeness (QED) is 0.381. The second kappa shape index (κ2) is 10.4. The predicted octanol–water partition coefficient (Wildman–Crippen LogP) is 6.46. The highest BCUT2D eigenvalue weighted by molar-refractivity contribution is 8.18. The molecule has 33 heavy (non-hydrogen) atoms. The molecule has 0 bridgehead atoms. The summed E-state index contributed by atoms with van der Waals surface area (Å²) in [7, 11) is 1.61. The van der Waals surface area contributed by atoms with Gasteiger partial charge in [0.15, 0.2) is 16.7 Å². The van der Waals surface area contributed by atoms with Gasteiger partial charge in [0.05, 0.1) is 30.4 Å². The molecule has 0 aliphatic carbocycles. The van der Waals surface area contributed by atoms with Crippen molar-refractivity contribution in [2.75, 3.05) is 13.7 Å². The fourth-order valence-electron chi connectivity index (χ4n) is 3.60.